The first kappa shape index (κ1) is 14.9. The van der Waals surface area contributed by atoms with Crippen LogP contribution in [0.2, 0.25) is 0 Å². The molecule has 3 rings (SSSR count). The fraction of sp³-hybridized carbons (Fsp3) is 0.235. The van der Waals surface area contributed by atoms with Crippen LogP contribution in [0.1, 0.15) is 12.8 Å². The molecule has 1 fully saturated rings. The summed E-state index contributed by atoms with van der Waals surface area (Å²) < 4.78 is 6.76. The molecule has 1 aliphatic carbocycles. The van der Waals surface area contributed by atoms with Crippen LogP contribution in [0.5, 0.6) is 11.5 Å². The van der Waals surface area contributed by atoms with Gasteiger partial charge in [0.1, 0.15) is 11.5 Å². The Balaban J connectivity index is 1.50. The fourth-order valence-corrected chi connectivity index (χ4v) is 2.23. The highest BCUT2D eigenvalue weighted by Gasteiger charge is 2.22. The summed E-state index contributed by atoms with van der Waals surface area (Å²) in [5.74, 6) is 1.58. The normalized spacial score (nSPS) is 13.5. The number of carbonyl (C=O) groups excluding carboxylic acids is 1. The van der Waals surface area contributed by atoms with Gasteiger partial charge in [0.05, 0.1) is 6.54 Å². The van der Waals surface area contributed by atoms with Crippen LogP contribution in [0.15, 0.2) is 53.0 Å². The Kier molecular flexibility index (Phi) is 4.63. The maximum Gasteiger partial charge on any atom is 0.239 e. The maximum absolute atomic E-state index is 11.6. The highest BCUT2D eigenvalue weighted by molar-refractivity contribution is 9.10. The van der Waals surface area contributed by atoms with E-state index in [-0.39, 0.29) is 5.91 Å². The number of halogens is 1. The molecule has 0 spiro atoms. The smallest absolute Gasteiger partial charge is 0.239 e. The number of amides is 1. The van der Waals surface area contributed by atoms with Crippen LogP contribution in [0.4, 0.5) is 5.69 Å². The first-order chi connectivity index (χ1) is 10.7. The van der Waals surface area contributed by atoms with Gasteiger partial charge in [0.15, 0.2) is 0 Å². The highest BCUT2D eigenvalue weighted by atomic mass is 79.9. The average molecular weight is 361 g/mol. The molecule has 0 heterocycles. The summed E-state index contributed by atoms with van der Waals surface area (Å²) in [4.78, 5) is 11.6. The summed E-state index contributed by atoms with van der Waals surface area (Å²) in [6, 6.07) is 15.6. The molecule has 1 aliphatic rings. The largest absolute Gasteiger partial charge is 0.457 e. The van der Waals surface area contributed by atoms with Crippen LogP contribution in [0, 0.1) is 0 Å². The maximum atomic E-state index is 11.6. The third kappa shape index (κ3) is 4.49. The molecule has 0 unspecified atom stereocenters. The molecule has 1 saturated carbocycles. The van der Waals surface area contributed by atoms with Gasteiger partial charge in [-0.05, 0) is 61.4 Å². The summed E-state index contributed by atoms with van der Waals surface area (Å²) >= 11 is 3.39. The van der Waals surface area contributed by atoms with Crippen molar-refractivity contribution in [2.24, 2.45) is 0 Å². The van der Waals surface area contributed by atoms with Crippen molar-refractivity contribution < 1.29 is 9.53 Å². The van der Waals surface area contributed by atoms with Gasteiger partial charge in [-0.3, -0.25) is 4.79 Å². The zero-order chi connectivity index (χ0) is 15.4. The topological polar surface area (TPSA) is 50.4 Å². The Morgan fingerprint density at radius 1 is 1.05 bits per heavy atom. The Hall–Kier alpha value is -2.01. The SMILES string of the molecule is O=C(CNc1ccc(Oc2ccc(Br)cc2)cc1)NC1CC1. The molecule has 2 aromatic rings. The summed E-state index contributed by atoms with van der Waals surface area (Å²) in [5, 5.41) is 6.05. The summed E-state index contributed by atoms with van der Waals surface area (Å²) in [6.45, 7) is 0.295. The van der Waals surface area contributed by atoms with Crippen LogP contribution in [0.3, 0.4) is 0 Å². The van der Waals surface area contributed by atoms with E-state index in [1.54, 1.807) is 0 Å². The van der Waals surface area contributed by atoms with Crippen LogP contribution < -0.4 is 15.4 Å². The Labute approximate surface area is 138 Å². The number of anilines is 1. The molecular weight excluding hydrogens is 344 g/mol. The van der Waals surface area contributed by atoms with E-state index in [1.807, 2.05) is 48.5 Å². The number of hydrogen-bond acceptors (Lipinski definition) is 3. The summed E-state index contributed by atoms with van der Waals surface area (Å²) in [6.07, 6.45) is 2.21. The van der Waals surface area contributed by atoms with Crippen molar-refractivity contribution in [1.29, 1.82) is 0 Å². The minimum atomic E-state index is 0.0395. The lowest BCUT2D eigenvalue weighted by Gasteiger charge is -2.09. The number of carbonyl (C=O) groups is 1. The fourth-order valence-electron chi connectivity index (χ4n) is 1.97. The van der Waals surface area contributed by atoms with Crippen molar-refractivity contribution in [3.05, 3.63) is 53.0 Å². The second kappa shape index (κ2) is 6.83. The second-order valence-corrected chi connectivity index (χ2v) is 6.19. The summed E-state index contributed by atoms with van der Waals surface area (Å²) in [7, 11) is 0. The first-order valence-corrected chi connectivity index (χ1v) is 8.05. The predicted octanol–water partition coefficient (Wildman–Crippen LogP) is 3.93. The minimum absolute atomic E-state index is 0.0395. The average Bonchev–Trinajstić information content (AvgIpc) is 3.33. The van der Waals surface area contributed by atoms with Gasteiger partial charge in [0.2, 0.25) is 5.91 Å². The molecule has 114 valence electrons. The molecule has 0 atom stereocenters. The van der Waals surface area contributed by atoms with Crippen molar-refractivity contribution in [2.75, 3.05) is 11.9 Å². The van der Waals surface area contributed by atoms with Crippen LogP contribution in [0.25, 0.3) is 0 Å². The first-order valence-electron chi connectivity index (χ1n) is 7.26. The van der Waals surface area contributed by atoms with Gasteiger partial charge >= 0.3 is 0 Å². The molecule has 0 bridgehead atoms. The van der Waals surface area contributed by atoms with E-state index < -0.39 is 0 Å². The van der Waals surface area contributed by atoms with E-state index >= 15 is 0 Å². The molecule has 2 N–H and O–H groups in total. The molecule has 0 aromatic heterocycles. The summed E-state index contributed by atoms with van der Waals surface area (Å²) in [5.41, 5.74) is 0.897. The Morgan fingerprint density at radius 2 is 1.64 bits per heavy atom. The molecule has 2 aromatic carbocycles. The molecule has 0 saturated heterocycles. The highest BCUT2D eigenvalue weighted by Crippen LogP contribution is 2.24. The zero-order valence-corrected chi connectivity index (χ0v) is 13.6. The molecule has 22 heavy (non-hydrogen) atoms. The number of rotatable bonds is 6. The molecule has 0 radical (unpaired) electrons. The van der Waals surface area contributed by atoms with Gasteiger partial charge in [-0.2, -0.15) is 0 Å². The third-order valence-electron chi connectivity index (χ3n) is 3.30. The van der Waals surface area contributed by atoms with Gasteiger partial charge in [0, 0.05) is 16.2 Å². The third-order valence-corrected chi connectivity index (χ3v) is 3.83. The lowest BCUT2D eigenvalue weighted by Crippen LogP contribution is -2.31. The van der Waals surface area contributed by atoms with E-state index in [9.17, 15) is 4.79 Å². The number of ether oxygens (including phenoxy) is 1. The zero-order valence-electron chi connectivity index (χ0n) is 12.0. The lowest BCUT2D eigenvalue weighted by molar-refractivity contribution is -0.119. The van der Waals surface area contributed by atoms with Gasteiger partial charge in [-0.25, -0.2) is 0 Å². The van der Waals surface area contributed by atoms with Crippen molar-refractivity contribution in [1.82, 2.24) is 5.32 Å². The van der Waals surface area contributed by atoms with Crippen molar-refractivity contribution >= 4 is 27.5 Å². The Morgan fingerprint density at radius 3 is 2.23 bits per heavy atom. The van der Waals surface area contributed by atoms with E-state index in [0.717, 1.165) is 34.5 Å². The number of hydrogen-bond donors (Lipinski definition) is 2. The van der Waals surface area contributed by atoms with Crippen LogP contribution in [-0.2, 0) is 4.79 Å². The second-order valence-electron chi connectivity index (χ2n) is 5.28. The van der Waals surface area contributed by atoms with E-state index in [2.05, 4.69) is 26.6 Å². The monoisotopic (exact) mass is 360 g/mol. The number of benzene rings is 2. The lowest BCUT2D eigenvalue weighted by atomic mass is 10.3. The van der Waals surface area contributed by atoms with E-state index in [1.165, 1.54) is 0 Å². The van der Waals surface area contributed by atoms with Gasteiger partial charge < -0.3 is 15.4 Å². The number of nitrogens with one attached hydrogen (secondary N) is 2. The predicted molar refractivity (Wildman–Crippen MR) is 90.3 cm³/mol. The molecule has 1 amide bonds. The standard InChI is InChI=1S/C17H17BrN2O2/c18-12-1-7-15(8-2-12)22-16-9-5-13(6-10-16)19-11-17(21)20-14-3-4-14/h1-2,5-10,14,19H,3-4,11H2,(H,20,21). The van der Waals surface area contributed by atoms with Crippen LogP contribution in [-0.4, -0.2) is 18.5 Å². The van der Waals surface area contributed by atoms with E-state index in [0.29, 0.717) is 12.6 Å². The van der Waals surface area contributed by atoms with Gasteiger partial charge in [0.25, 0.3) is 0 Å². The quantitative estimate of drug-likeness (QED) is 0.820. The van der Waals surface area contributed by atoms with Crippen molar-refractivity contribution in [2.45, 2.75) is 18.9 Å². The van der Waals surface area contributed by atoms with Crippen LogP contribution >= 0.6 is 15.9 Å². The molecule has 5 heteroatoms. The molecular formula is C17H17BrN2O2. The Bertz CT molecular complexity index is 637. The molecule has 4 nitrogen and oxygen atoms in total. The van der Waals surface area contributed by atoms with Crippen molar-refractivity contribution in [3.63, 3.8) is 0 Å². The minimum Gasteiger partial charge on any atom is -0.457 e. The van der Waals surface area contributed by atoms with Gasteiger partial charge in [-0.1, -0.05) is 15.9 Å². The van der Waals surface area contributed by atoms with Crippen molar-refractivity contribution in [3.8, 4) is 11.5 Å². The molecule has 0 aliphatic heterocycles. The van der Waals surface area contributed by atoms with Gasteiger partial charge in [-0.15, -0.1) is 0 Å². The van der Waals surface area contributed by atoms with E-state index in [4.69, 9.17) is 4.74 Å².